The van der Waals surface area contributed by atoms with Crippen LogP contribution >= 0.6 is 0 Å². The van der Waals surface area contributed by atoms with Crippen LogP contribution in [0.4, 0.5) is 11.4 Å². The number of rotatable bonds is 8. The van der Waals surface area contributed by atoms with Crippen LogP contribution in [-0.2, 0) is 9.59 Å². The number of allylic oxidation sites excluding steroid dienone is 2. The third-order valence-corrected chi connectivity index (χ3v) is 5.23. The lowest BCUT2D eigenvalue weighted by Gasteiger charge is -2.23. The highest BCUT2D eigenvalue weighted by atomic mass is 16.2. The van der Waals surface area contributed by atoms with Crippen molar-refractivity contribution >= 4 is 23.2 Å². The maximum absolute atomic E-state index is 12.3. The van der Waals surface area contributed by atoms with Crippen LogP contribution < -0.4 is 16.0 Å². The maximum Gasteiger partial charge on any atom is 0.240 e. The molecule has 0 saturated heterocycles. The molecule has 0 radical (unpaired) electrons. The van der Waals surface area contributed by atoms with Crippen LogP contribution in [0, 0.1) is 23.2 Å². The van der Waals surface area contributed by atoms with Gasteiger partial charge in [-0.3, -0.25) is 9.59 Å². The minimum absolute atomic E-state index is 0.0314. The molecule has 1 fully saturated rings. The Labute approximate surface area is 160 Å². The molecule has 3 N–H and O–H groups in total. The average molecular weight is 366 g/mol. The van der Waals surface area contributed by atoms with Gasteiger partial charge in [-0.25, -0.2) is 0 Å². The molecule has 0 aromatic heterocycles. The molecule has 2 aliphatic carbocycles. The van der Waals surface area contributed by atoms with Crippen LogP contribution in [0.25, 0.3) is 0 Å². The summed E-state index contributed by atoms with van der Waals surface area (Å²) in [5, 5.41) is 18.2. The number of hydrogen-bond acceptors (Lipinski definition) is 4. The minimum Gasteiger partial charge on any atom is -0.374 e. The van der Waals surface area contributed by atoms with E-state index in [4.69, 9.17) is 0 Å². The van der Waals surface area contributed by atoms with Crippen molar-refractivity contribution in [2.75, 3.05) is 17.2 Å². The maximum atomic E-state index is 12.3. The molecule has 3 rings (SSSR count). The lowest BCUT2D eigenvalue weighted by Crippen LogP contribution is -2.48. The van der Waals surface area contributed by atoms with Crippen LogP contribution in [-0.4, -0.2) is 23.9 Å². The van der Waals surface area contributed by atoms with E-state index in [1.165, 1.54) is 0 Å². The van der Waals surface area contributed by atoms with Gasteiger partial charge in [0.25, 0.3) is 0 Å². The Morgan fingerprint density at radius 2 is 1.93 bits per heavy atom. The van der Waals surface area contributed by atoms with Gasteiger partial charge in [0, 0.05) is 6.42 Å². The van der Waals surface area contributed by atoms with Crippen molar-refractivity contribution < 1.29 is 9.59 Å². The lowest BCUT2D eigenvalue weighted by atomic mass is 9.98. The number of carbonyl (C=O) groups excluding carboxylic acids is 2. The molecule has 2 atom stereocenters. The molecule has 1 aromatic rings. The monoisotopic (exact) mass is 366 g/mol. The Morgan fingerprint density at radius 1 is 1.19 bits per heavy atom. The number of hydrogen-bond donors (Lipinski definition) is 3. The van der Waals surface area contributed by atoms with E-state index < -0.39 is 5.54 Å². The van der Waals surface area contributed by atoms with Crippen molar-refractivity contribution in [3.05, 3.63) is 36.4 Å². The third kappa shape index (κ3) is 5.10. The summed E-state index contributed by atoms with van der Waals surface area (Å²) in [6, 6.07) is 9.54. The molecule has 6 nitrogen and oxygen atoms in total. The smallest absolute Gasteiger partial charge is 0.240 e. The zero-order chi connectivity index (χ0) is 19.3. The van der Waals surface area contributed by atoms with Gasteiger partial charge in [-0.2, -0.15) is 5.26 Å². The van der Waals surface area contributed by atoms with Crippen molar-refractivity contribution in [2.24, 2.45) is 11.8 Å². The first-order valence-electron chi connectivity index (χ1n) is 9.52. The molecule has 27 heavy (non-hydrogen) atoms. The number of nitriles is 1. The quantitative estimate of drug-likeness (QED) is 0.616. The fourth-order valence-corrected chi connectivity index (χ4v) is 3.44. The van der Waals surface area contributed by atoms with Crippen LogP contribution in [0.2, 0.25) is 0 Å². The fourth-order valence-electron chi connectivity index (χ4n) is 3.44. The van der Waals surface area contributed by atoms with Gasteiger partial charge >= 0.3 is 0 Å². The average Bonchev–Trinajstić information content (AvgIpc) is 3.40. The molecular formula is C21H26N4O2. The van der Waals surface area contributed by atoms with Gasteiger partial charge in [0.15, 0.2) is 0 Å². The molecule has 1 aromatic carbocycles. The number of para-hydroxylation sites is 2. The highest BCUT2D eigenvalue weighted by Crippen LogP contribution is 2.39. The molecule has 0 spiro atoms. The summed E-state index contributed by atoms with van der Waals surface area (Å²) in [5.74, 6) is 0.281. The van der Waals surface area contributed by atoms with E-state index in [9.17, 15) is 14.9 Å². The Bertz CT molecular complexity index is 779. The zero-order valence-electron chi connectivity index (χ0n) is 15.6. The summed E-state index contributed by atoms with van der Waals surface area (Å²) in [4.78, 5) is 24.5. The Kier molecular flexibility index (Phi) is 5.80. The number of benzene rings is 1. The van der Waals surface area contributed by atoms with Gasteiger partial charge in [-0.05, 0) is 56.6 Å². The molecular weight excluding hydrogens is 340 g/mol. The van der Waals surface area contributed by atoms with Gasteiger partial charge in [-0.15, -0.1) is 0 Å². The highest BCUT2D eigenvalue weighted by molar-refractivity contribution is 5.95. The van der Waals surface area contributed by atoms with Crippen molar-refractivity contribution in [3.8, 4) is 6.07 Å². The number of amides is 2. The summed E-state index contributed by atoms with van der Waals surface area (Å²) in [6.45, 7) is 1.82. The van der Waals surface area contributed by atoms with Gasteiger partial charge in [0.05, 0.1) is 24.0 Å². The first-order chi connectivity index (χ1) is 13.0. The Hall–Kier alpha value is -2.81. The Morgan fingerprint density at radius 3 is 2.56 bits per heavy atom. The van der Waals surface area contributed by atoms with Crippen LogP contribution in [0.1, 0.15) is 39.0 Å². The molecule has 0 bridgehead atoms. The van der Waals surface area contributed by atoms with Crippen molar-refractivity contribution in [1.82, 2.24) is 5.32 Å². The van der Waals surface area contributed by atoms with Gasteiger partial charge < -0.3 is 16.0 Å². The van der Waals surface area contributed by atoms with Gasteiger partial charge in [-0.1, -0.05) is 24.3 Å². The molecule has 2 aliphatic rings. The molecule has 0 heterocycles. The number of nitrogens with zero attached hydrogens (tertiary/aromatic N) is 1. The van der Waals surface area contributed by atoms with Crippen molar-refractivity contribution in [2.45, 2.75) is 44.6 Å². The van der Waals surface area contributed by atoms with E-state index in [2.05, 4.69) is 34.2 Å². The second kappa shape index (κ2) is 8.26. The second-order valence-electron chi connectivity index (χ2n) is 7.55. The summed E-state index contributed by atoms with van der Waals surface area (Å²) in [6.07, 6.45) is 8.68. The zero-order valence-corrected chi connectivity index (χ0v) is 15.6. The predicted molar refractivity (Wildman–Crippen MR) is 105 cm³/mol. The van der Waals surface area contributed by atoms with E-state index in [-0.39, 0.29) is 24.3 Å². The topological polar surface area (TPSA) is 94.0 Å². The lowest BCUT2D eigenvalue weighted by molar-refractivity contribution is -0.120. The summed E-state index contributed by atoms with van der Waals surface area (Å²) in [5.41, 5.74) is 0.539. The molecule has 2 unspecified atom stereocenters. The van der Waals surface area contributed by atoms with E-state index in [1.807, 2.05) is 24.3 Å². The van der Waals surface area contributed by atoms with Crippen molar-refractivity contribution in [1.29, 1.82) is 5.26 Å². The molecule has 2 amide bonds. The molecule has 6 heteroatoms. The fraction of sp³-hybridized carbons (Fsp3) is 0.476. The largest absolute Gasteiger partial charge is 0.374 e. The summed E-state index contributed by atoms with van der Waals surface area (Å²) in [7, 11) is 0. The third-order valence-electron chi connectivity index (χ3n) is 5.23. The van der Waals surface area contributed by atoms with Crippen LogP contribution in [0.15, 0.2) is 36.4 Å². The van der Waals surface area contributed by atoms with Gasteiger partial charge in [0.2, 0.25) is 11.8 Å². The SMILES string of the molecule is CC(C#N)(NC(=O)CNc1ccccc1NC(=O)CC1C=CCC1)C1CC1. The van der Waals surface area contributed by atoms with E-state index in [0.717, 1.165) is 25.7 Å². The second-order valence-corrected chi connectivity index (χ2v) is 7.55. The first-order valence-corrected chi connectivity index (χ1v) is 9.52. The van der Waals surface area contributed by atoms with Crippen molar-refractivity contribution in [3.63, 3.8) is 0 Å². The highest BCUT2D eigenvalue weighted by Gasteiger charge is 2.42. The van der Waals surface area contributed by atoms with Crippen LogP contribution in [0.5, 0.6) is 0 Å². The molecule has 1 saturated carbocycles. The first kappa shape index (κ1) is 19.0. The number of anilines is 2. The normalized spacial score (nSPS) is 20.4. The number of carbonyl (C=O) groups is 2. The van der Waals surface area contributed by atoms with E-state index in [0.29, 0.717) is 23.7 Å². The molecule has 142 valence electrons. The number of nitrogens with one attached hydrogen (secondary N) is 3. The minimum atomic E-state index is -0.804. The molecule has 0 aliphatic heterocycles. The summed E-state index contributed by atoms with van der Waals surface area (Å²) < 4.78 is 0. The van der Waals surface area contributed by atoms with Gasteiger partial charge in [0.1, 0.15) is 5.54 Å². The predicted octanol–water partition coefficient (Wildman–Crippen LogP) is 3.20. The van der Waals surface area contributed by atoms with Crippen LogP contribution in [0.3, 0.4) is 0 Å². The standard InChI is InChI=1S/C21H26N4O2/c1-21(14-22,16-10-11-16)25-20(27)13-23-17-8-4-5-9-18(17)24-19(26)12-15-6-2-3-7-15/h2,4-6,8-9,15-16,23H,3,7,10-13H2,1H3,(H,24,26)(H,25,27). The van der Waals surface area contributed by atoms with E-state index >= 15 is 0 Å². The summed E-state index contributed by atoms with van der Waals surface area (Å²) >= 11 is 0. The van der Waals surface area contributed by atoms with E-state index in [1.54, 1.807) is 6.92 Å². The Balaban J connectivity index is 1.54.